The van der Waals surface area contributed by atoms with Crippen molar-refractivity contribution in [3.63, 3.8) is 0 Å². The Morgan fingerprint density at radius 2 is 1.26 bits per heavy atom. The van der Waals surface area contributed by atoms with Gasteiger partial charge < -0.3 is 5.11 Å². The van der Waals surface area contributed by atoms with Gasteiger partial charge in [-0.2, -0.15) is 0 Å². The van der Waals surface area contributed by atoms with Gasteiger partial charge in [0.25, 0.3) is 0 Å². The fourth-order valence-electron chi connectivity index (χ4n) is 3.53. The topological polar surface area (TPSA) is 26.7 Å². The predicted molar refractivity (Wildman–Crippen MR) is 117 cm³/mol. The van der Waals surface area contributed by atoms with E-state index in [-0.39, 0.29) is 12.6 Å². The third-order valence-corrected chi connectivity index (χ3v) is 4.69. The Labute approximate surface area is 166 Å². The fraction of sp³-hybridized carbons (Fsp3) is 0.500. The number of benzene rings is 2. The average Bonchev–Trinajstić information content (AvgIpc) is 2.74. The maximum absolute atomic E-state index is 9.87. The van der Waals surface area contributed by atoms with Gasteiger partial charge in [-0.15, -0.1) is 0 Å². The molecular formula is C24H38N2O. The summed E-state index contributed by atoms with van der Waals surface area (Å²) in [6.45, 7) is 14.3. The molecule has 0 saturated carbocycles. The molecule has 2 aromatic carbocycles. The molecular weight excluding hydrogens is 332 g/mol. The minimum atomic E-state index is 0.197. The highest BCUT2D eigenvalue weighted by molar-refractivity contribution is 5.16. The minimum Gasteiger partial charge on any atom is -0.395 e. The van der Waals surface area contributed by atoms with Crippen molar-refractivity contribution in [2.75, 3.05) is 19.7 Å². The third kappa shape index (κ3) is 7.45. The first-order valence-electron chi connectivity index (χ1n) is 10.4. The van der Waals surface area contributed by atoms with Crippen molar-refractivity contribution in [3.05, 3.63) is 71.8 Å². The summed E-state index contributed by atoms with van der Waals surface area (Å²) in [6, 6.07) is 21.8. The Kier molecular flexibility index (Phi) is 11.7. The lowest BCUT2D eigenvalue weighted by atomic mass is 10.0. The zero-order valence-corrected chi connectivity index (χ0v) is 17.8. The lowest BCUT2D eigenvalue weighted by Crippen LogP contribution is -2.58. The van der Waals surface area contributed by atoms with Crippen LogP contribution in [0.4, 0.5) is 0 Å². The van der Waals surface area contributed by atoms with Crippen molar-refractivity contribution >= 4 is 0 Å². The summed E-state index contributed by atoms with van der Waals surface area (Å²) in [5.74, 6) is 0. The molecule has 2 aromatic rings. The van der Waals surface area contributed by atoms with E-state index in [1.807, 2.05) is 33.8 Å². The zero-order chi connectivity index (χ0) is 20.1. The zero-order valence-electron chi connectivity index (χ0n) is 17.8. The van der Waals surface area contributed by atoms with Crippen LogP contribution >= 0.6 is 0 Å². The van der Waals surface area contributed by atoms with Gasteiger partial charge in [-0.25, -0.2) is 0 Å². The molecule has 3 heteroatoms. The van der Waals surface area contributed by atoms with Gasteiger partial charge in [0.2, 0.25) is 0 Å². The van der Waals surface area contributed by atoms with Crippen molar-refractivity contribution in [2.24, 2.45) is 0 Å². The van der Waals surface area contributed by atoms with Crippen molar-refractivity contribution < 1.29 is 5.11 Å². The van der Waals surface area contributed by atoms with Crippen molar-refractivity contribution in [1.29, 1.82) is 0 Å². The highest BCUT2D eigenvalue weighted by Crippen LogP contribution is 2.20. The second-order valence-corrected chi connectivity index (χ2v) is 6.52. The number of aliphatic hydroxyl groups is 1. The van der Waals surface area contributed by atoms with Crippen LogP contribution in [0.1, 0.15) is 45.7 Å². The average molecular weight is 371 g/mol. The van der Waals surface area contributed by atoms with Crippen molar-refractivity contribution in [2.45, 2.75) is 59.8 Å². The molecule has 3 nitrogen and oxygen atoms in total. The highest BCUT2D eigenvalue weighted by atomic mass is 16.3. The normalized spacial score (nSPS) is 20.1. The lowest BCUT2D eigenvalue weighted by Gasteiger charge is -2.45. The summed E-state index contributed by atoms with van der Waals surface area (Å²) < 4.78 is 0. The molecule has 0 aliphatic carbocycles. The summed E-state index contributed by atoms with van der Waals surface area (Å²) in [7, 11) is 0. The number of hydrogen-bond donors (Lipinski definition) is 1. The van der Waals surface area contributed by atoms with Gasteiger partial charge in [0.1, 0.15) is 0 Å². The van der Waals surface area contributed by atoms with Gasteiger partial charge in [-0.3, -0.25) is 9.80 Å². The van der Waals surface area contributed by atoms with Gasteiger partial charge in [0.05, 0.1) is 6.61 Å². The van der Waals surface area contributed by atoms with E-state index in [1.165, 1.54) is 11.1 Å². The smallest absolute Gasteiger partial charge is 0.0599 e. The summed E-state index contributed by atoms with van der Waals surface area (Å²) in [5.41, 5.74) is 2.65. The Hall–Kier alpha value is -1.68. The van der Waals surface area contributed by atoms with E-state index in [4.69, 9.17) is 0 Å². The van der Waals surface area contributed by atoms with Crippen LogP contribution in [0, 0.1) is 0 Å². The Morgan fingerprint density at radius 3 is 1.74 bits per heavy atom. The molecule has 0 aromatic heterocycles. The van der Waals surface area contributed by atoms with Crippen molar-refractivity contribution in [1.82, 2.24) is 9.80 Å². The molecule has 1 aliphatic heterocycles. The molecule has 3 rings (SSSR count). The SMILES string of the molecule is CC.CC.CC1CN(Cc2ccccc2)CC(CO)N1Cc1ccccc1. The number of piperazine rings is 1. The first kappa shape index (κ1) is 23.4. The minimum absolute atomic E-state index is 0.197. The predicted octanol–water partition coefficient (Wildman–Crippen LogP) is 4.81. The van der Waals surface area contributed by atoms with E-state index in [1.54, 1.807) is 0 Å². The second-order valence-electron chi connectivity index (χ2n) is 6.52. The van der Waals surface area contributed by atoms with Crippen molar-refractivity contribution in [3.8, 4) is 0 Å². The first-order valence-corrected chi connectivity index (χ1v) is 10.4. The molecule has 1 heterocycles. The fourth-order valence-corrected chi connectivity index (χ4v) is 3.53. The largest absolute Gasteiger partial charge is 0.395 e. The summed E-state index contributed by atoms with van der Waals surface area (Å²) >= 11 is 0. The van der Waals surface area contributed by atoms with E-state index in [9.17, 15) is 5.11 Å². The second kappa shape index (κ2) is 13.5. The molecule has 0 amide bonds. The summed E-state index contributed by atoms with van der Waals surface area (Å²) in [6.07, 6.45) is 0. The Balaban J connectivity index is 0.000000855. The van der Waals surface area contributed by atoms with Crippen LogP contribution < -0.4 is 0 Å². The van der Waals surface area contributed by atoms with Gasteiger partial charge in [-0.05, 0) is 18.1 Å². The number of nitrogens with zero attached hydrogens (tertiary/aromatic N) is 2. The number of rotatable bonds is 5. The Bertz CT molecular complexity index is 588. The van der Waals surface area contributed by atoms with Crippen LogP contribution in [-0.2, 0) is 13.1 Å². The molecule has 1 aliphatic rings. The van der Waals surface area contributed by atoms with E-state index in [0.29, 0.717) is 6.04 Å². The maximum atomic E-state index is 9.87. The molecule has 1 N–H and O–H groups in total. The van der Waals surface area contributed by atoms with Crippen LogP contribution in [0.2, 0.25) is 0 Å². The van der Waals surface area contributed by atoms with E-state index in [0.717, 1.165) is 26.2 Å². The summed E-state index contributed by atoms with van der Waals surface area (Å²) in [4.78, 5) is 4.90. The standard InChI is InChI=1S/C20H26N2O.2C2H6/c1-17-12-21(13-18-8-4-2-5-9-18)15-20(16-23)22(17)14-19-10-6-3-7-11-19;2*1-2/h2-11,17,20,23H,12-16H2,1H3;2*1-2H3. The van der Waals surface area contributed by atoms with Crippen LogP contribution in [0.15, 0.2) is 60.7 Å². The van der Waals surface area contributed by atoms with E-state index in [2.05, 4.69) is 71.3 Å². The van der Waals surface area contributed by atoms with Gasteiger partial charge >= 0.3 is 0 Å². The highest BCUT2D eigenvalue weighted by Gasteiger charge is 2.31. The number of hydrogen-bond acceptors (Lipinski definition) is 3. The quantitative estimate of drug-likeness (QED) is 0.818. The number of aliphatic hydroxyl groups excluding tert-OH is 1. The lowest BCUT2D eigenvalue weighted by molar-refractivity contribution is -0.00429. The van der Waals surface area contributed by atoms with Gasteiger partial charge in [-0.1, -0.05) is 88.4 Å². The monoisotopic (exact) mass is 370 g/mol. The van der Waals surface area contributed by atoms with Crippen LogP contribution in [0.3, 0.4) is 0 Å². The molecule has 0 radical (unpaired) electrons. The molecule has 0 bridgehead atoms. The Morgan fingerprint density at radius 1 is 0.778 bits per heavy atom. The summed E-state index contributed by atoms with van der Waals surface area (Å²) in [5, 5.41) is 9.87. The van der Waals surface area contributed by atoms with Crippen LogP contribution in [0.25, 0.3) is 0 Å². The van der Waals surface area contributed by atoms with Gasteiger partial charge in [0.15, 0.2) is 0 Å². The van der Waals surface area contributed by atoms with Crippen LogP contribution in [0.5, 0.6) is 0 Å². The molecule has 27 heavy (non-hydrogen) atoms. The molecule has 150 valence electrons. The molecule has 1 saturated heterocycles. The molecule has 1 fully saturated rings. The van der Waals surface area contributed by atoms with Crippen LogP contribution in [-0.4, -0.2) is 46.7 Å². The molecule has 2 atom stereocenters. The van der Waals surface area contributed by atoms with Gasteiger partial charge in [0, 0.05) is 38.3 Å². The molecule has 0 spiro atoms. The van der Waals surface area contributed by atoms with E-state index >= 15 is 0 Å². The third-order valence-electron chi connectivity index (χ3n) is 4.69. The molecule has 2 unspecified atom stereocenters. The first-order chi connectivity index (χ1) is 13.3. The maximum Gasteiger partial charge on any atom is 0.0599 e. The van der Waals surface area contributed by atoms with E-state index < -0.39 is 0 Å².